The molecule has 2 nitrogen and oxygen atoms in total. The molecule has 0 aliphatic heterocycles. The summed E-state index contributed by atoms with van der Waals surface area (Å²) in [6.45, 7) is 0. The average Bonchev–Trinajstić information content (AvgIpc) is 1.94. The van der Waals surface area contributed by atoms with E-state index < -0.39 is 5.97 Å². The molecule has 0 fully saturated rings. The molecule has 1 aromatic rings. The van der Waals surface area contributed by atoms with Crippen LogP contribution in [0.2, 0.25) is 5.02 Å². The molecule has 0 atom stereocenters. The zero-order valence-electron chi connectivity index (χ0n) is 5.97. The lowest BCUT2D eigenvalue weighted by atomic mass is 9.91. The Morgan fingerprint density at radius 3 is 2.64 bits per heavy atom. The Balaban J connectivity index is 3.23. The van der Waals surface area contributed by atoms with Gasteiger partial charge in [0, 0.05) is 5.02 Å². The minimum Gasteiger partial charge on any atom is -0.478 e. The van der Waals surface area contributed by atoms with Crippen molar-refractivity contribution in [3.05, 3.63) is 28.8 Å². The van der Waals surface area contributed by atoms with Gasteiger partial charge in [0.2, 0.25) is 0 Å². The summed E-state index contributed by atoms with van der Waals surface area (Å²) in [6.07, 6.45) is 0. The van der Waals surface area contributed by atoms with Gasteiger partial charge in [0.15, 0.2) is 0 Å². The van der Waals surface area contributed by atoms with Gasteiger partial charge in [0.1, 0.15) is 7.85 Å². The zero-order chi connectivity index (χ0) is 8.43. The summed E-state index contributed by atoms with van der Waals surface area (Å²) in [5, 5.41) is 9.08. The standard InChI is InChI=1S/C7H6BClO2/c8-6-2-1-4(9)3-5(6)7(10)11/h1-3H,8H2,(H,10,11). The highest BCUT2D eigenvalue weighted by Gasteiger charge is 2.05. The van der Waals surface area contributed by atoms with Crippen LogP contribution >= 0.6 is 11.6 Å². The summed E-state index contributed by atoms with van der Waals surface area (Å²) in [5.41, 5.74) is 0.986. The first kappa shape index (κ1) is 8.14. The molecular weight excluding hydrogens is 162 g/mol. The number of carboxylic acids is 1. The minimum atomic E-state index is -0.940. The summed E-state index contributed by atoms with van der Waals surface area (Å²) in [5.74, 6) is -0.940. The van der Waals surface area contributed by atoms with Crippen LogP contribution in [-0.4, -0.2) is 18.9 Å². The predicted molar refractivity (Wildman–Crippen MR) is 46.6 cm³/mol. The monoisotopic (exact) mass is 168 g/mol. The topological polar surface area (TPSA) is 37.3 Å². The van der Waals surface area contributed by atoms with E-state index in [0.29, 0.717) is 5.02 Å². The Labute approximate surface area is 70.2 Å². The lowest BCUT2D eigenvalue weighted by molar-refractivity contribution is 0.0698. The second kappa shape index (κ2) is 2.97. The highest BCUT2D eigenvalue weighted by Crippen LogP contribution is 2.08. The lowest BCUT2D eigenvalue weighted by Gasteiger charge is -1.99. The molecule has 0 aromatic heterocycles. The number of carboxylic acid groups (broad SMARTS) is 1. The van der Waals surface area contributed by atoms with Crippen molar-refractivity contribution in [2.45, 2.75) is 0 Å². The third-order valence-electron chi connectivity index (χ3n) is 1.43. The van der Waals surface area contributed by atoms with E-state index in [2.05, 4.69) is 0 Å². The molecule has 0 saturated heterocycles. The van der Waals surface area contributed by atoms with Crippen LogP contribution in [0.1, 0.15) is 10.4 Å². The molecule has 0 aliphatic rings. The zero-order valence-corrected chi connectivity index (χ0v) is 6.72. The minimum absolute atomic E-state index is 0.262. The molecule has 4 heteroatoms. The largest absolute Gasteiger partial charge is 0.478 e. The second-order valence-corrected chi connectivity index (χ2v) is 2.70. The second-order valence-electron chi connectivity index (χ2n) is 2.26. The number of rotatable bonds is 1. The Hall–Kier alpha value is -0.955. The average molecular weight is 168 g/mol. The Morgan fingerprint density at radius 1 is 1.55 bits per heavy atom. The Kier molecular flexibility index (Phi) is 2.20. The van der Waals surface area contributed by atoms with E-state index in [9.17, 15) is 4.79 Å². The van der Waals surface area contributed by atoms with Gasteiger partial charge in [-0.05, 0) is 12.1 Å². The number of hydrogen-bond donors (Lipinski definition) is 1. The van der Waals surface area contributed by atoms with E-state index in [1.165, 1.54) is 6.07 Å². The number of halogens is 1. The lowest BCUT2D eigenvalue weighted by Crippen LogP contribution is -2.14. The summed E-state index contributed by atoms with van der Waals surface area (Å²) in [6, 6.07) is 4.80. The summed E-state index contributed by atoms with van der Waals surface area (Å²) in [4.78, 5) is 10.5. The van der Waals surface area contributed by atoms with Gasteiger partial charge in [-0.2, -0.15) is 0 Å². The van der Waals surface area contributed by atoms with Gasteiger partial charge in [-0.15, -0.1) is 0 Å². The molecule has 0 radical (unpaired) electrons. The fourth-order valence-electron chi connectivity index (χ4n) is 0.825. The van der Waals surface area contributed by atoms with Crippen LogP contribution in [0.15, 0.2) is 18.2 Å². The van der Waals surface area contributed by atoms with Crippen molar-refractivity contribution in [2.75, 3.05) is 0 Å². The molecular formula is C7H6BClO2. The molecule has 0 spiro atoms. The molecule has 0 saturated carbocycles. The number of aromatic carboxylic acids is 1. The SMILES string of the molecule is Bc1ccc(Cl)cc1C(=O)O. The highest BCUT2D eigenvalue weighted by atomic mass is 35.5. The molecule has 0 amide bonds. The van der Waals surface area contributed by atoms with Crippen molar-refractivity contribution >= 4 is 30.9 Å². The van der Waals surface area contributed by atoms with Gasteiger partial charge in [-0.1, -0.05) is 23.1 Å². The number of benzene rings is 1. The van der Waals surface area contributed by atoms with E-state index >= 15 is 0 Å². The summed E-state index contributed by atoms with van der Waals surface area (Å²) >= 11 is 5.60. The molecule has 56 valence electrons. The van der Waals surface area contributed by atoms with Gasteiger partial charge >= 0.3 is 5.97 Å². The smallest absolute Gasteiger partial charge is 0.335 e. The summed E-state index contributed by atoms with van der Waals surface area (Å²) in [7, 11) is 1.74. The van der Waals surface area contributed by atoms with Crippen LogP contribution in [0.25, 0.3) is 0 Å². The molecule has 1 N–H and O–H groups in total. The Morgan fingerprint density at radius 2 is 2.18 bits per heavy atom. The first-order chi connectivity index (χ1) is 5.11. The predicted octanol–water partition coefficient (Wildman–Crippen LogP) is 0.297. The maximum absolute atomic E-state index is 10.5. The number of carbonyl (C=O) groups is 1. The van der Waals surface area contributed by atoms with Crippen molar-refractivity contribution in [2.24, 2.45) is 0 Å². The van der Waals surface area contributed by atoms with Gasteiger partial charge in [-0.3, -0.25) is 0 Å². The van der Waals surface area contributed by atoms with Gasteiger partial charge < -0.3 is 5.11 Å². The van der Waals surface area contributed by atoms with Crippen molar-refractivity contribution in [3.8, 4) is 0 Å². The van der Waals surface area contributed by atoms with E-state index in [1.54, 1.807) is 20.0 Å². The van der Waals surface area contributed by atoms with Crippen LogP contribution in [0.4, 0.5) is 0 Å². The normalized spacial score (nSPS) is 9.55. The van der Waals surface area contributed by atoms with Crippen molar-refractivity contribution in [1.29, 1.82) is 0 Å². The maximum Gasteiger partial charge on any atom is 0.335 e. The Bertz CT molecular complexity index is 298. The molecule has 0 aliphatic carbocycles. The van der Waals surface area contributed by atoms with E-state index in [4.69, 9.17) is 16.7 Å². The van der Waals surface area contributed by atoms with E-state index in [-0.39, 0.29) is 5.56 Å². The molecule has 1 rings (SSSR count). The van der Waals surface area contributed by atoms with Crippen molar-refractivity contribution in [1.82, 2.24) is 0 Å². The van der Waals surface area contributed by atoms with Crippen molar-refractivity contribution in [3.63, 3.8) is 0 Å². The van der Waals surface area contributed by atoms with E-state index in [1.807, 2.05) is 0 Å². The first-order valence-corrected chi connectivity index (χ1v) is 3.48. The van der Waals surface area contributed by atoms with Gasteiger partial charge in [-0.25, -0.2) is 4.79 Å². The van der Waals surface area contributed by atoms with Gasteiger partial charge in [0.05, 0.1) is 5.56 Å². The molecule has 0 unspecified atom stereocenters. The molecule has 1 aromatic carbocycles. The van der Waals surface area contributed by atoms with Crippen LogP contribution < -0.4 is 5.46 Å². The van der Waals surface area contributed by atoms with E-state index in [0.717, 1.165) is 5.46 Å². The third-order valence-corrected chi connectivity index (χ3v) is 1.67. The quantitative estimate of drug-likeness (QED) is 0.612. The van der Waals surface area contributed by atoms with Crippen LogP contribution in [-0.2, 0) is 0 Å². The van der Waals surface area contributed by atoms with Crippen LogP contribution in [0.5, 0.6) is 0 Å². The third kappa shape index (κ3) is 1.74. The van der Waals surface area contributed by atoms with Gasteiger partial charge in [0.25, 0.3) is 0 Å². The highest BCUT2D eigenvalue weighted by molar-refractivity contribution is 6.37. The first-order valence-electron chi connectivity index (χ1n) is 3.10. The summed E-state index contributed by atoms with van der Waals surface area (Å²) < 4.78 is 0. The van der Waals surface area contributed by atoms with Crippen LogP contribution in [0, 0.1) is 0 Å². The fourth-order valence-corrected chi connectivity index (χ4v) is 0.997. The van der Waals surface area contributed by atoms with Crippen LogP contribution in [0.3, 0.4) is 0 Å². The molecule has 0 heterocycles. The fraction of sp³-hybridized carbons (Fsp3) is 0. The maximum atomic E-state index is 10.5. The van der Waals surface area contributed by atoms with Crippen molar-refractivity contribution < 1.29 is 9.90 Å². The molecule has 11 heavy (non-hydrogen) atoms. The molecule has 0 bridgehead atoms. The number of hydrogen-bond acceptors (Lipinski definition) is 1.